The molecule has 0 aliphatic rings. The average molecular weight is 345 g/mol. The molecule has 0 fully saturated rings. The highest BCUT2D eigenvalue weighted by Crippen LogP contribution is 2.33. The molecule has 1 unspecified atom stereocenters. The number of thiophene rings is 1. The summed E-state index contributed by atoms with van der Waals surface area (Å²) in [6.07, 6.45) is 0. The first kappa shape index (κ1) is 14.0. The summed E-state index contributed by atoms with van der Waals surface area (Å²) < 4.78 is 14.1. The van der Waals surface area contributed by atoms with Crippen molar-refractivity contribution in [3.8, 4) is 0 Å². The minimum atomic E-state index is -0.530. The first-order chi connectivity index (χ1) is 8.99. The molecule has 0 bridgehead atoms. The van der Waals surface area contributed by atoms with Crippen molar-refractivity contribution in [3.05, 3.63) is 54.9 Å². The van der Waals surface area contributed by atoms with Gasteiger partial charge in [-0.25, -0.2) is 4.39 Å². The summed E-state index contributed by atoms with van der Waals surface area (Å²) in [4.78, 5) is 11.4. The van der Waals surface area contributed by atoms with Gasteiger partial charge in [0.15, 0.2) is 0 Å². The van der Waals surface area contributed by atoms with Crippen LogP contribution in [0, 0.1) is 15.9 Å². The van der Waals surface area contributed by atoms with E-state index in [0.29, 0.717) is 0 Å². The number of rotatable bonds is 4. The molecular weight excluding hydrogens is 335 g/mol. The van der Waals surface area contributed by atoms with E-state index in [-0.39, 0.29) is 17.4 Å². The predicted octanol–water partition coefficient (Wildman–Crippen LogP) is 4.73. The Hall–Kier alpha value is -1.47. The Morgan fingerprint density at radius 1 is 1.47 bits per heavy atom. The molecule has 19 heavy (non-hydrogen) atoms. The zero-order chi connectivity index (χ0) is 14.0. The lowest BCUT2D eigenvalue weighted by Gasteiger charge is -2.14. The predicted molar refractivity (Wildman–Crippen MR) is 77.1 cm³/mol. The van der Waals surface area contributed by atoms with Gasteiger partial charge in [-0.15, -0.1) is 11.3 Å². The van der Waals surface area contributed by atoms with Crippen LogP contribution >= 0.6 is 27.3 Å². The molecule has 1 heterocycles. The van der Waals surface area contributed by atoms with E-state index < -0.39 is 10.7 Å². The third-order valence-electron chi connectivity index (χ3n) is 2.57. The van der Waals surface area contributed by atoms with Crippen molar-refractivity contribution in [2.45, 2.75) is 13.0 Å². The first-order valence-corrected chi connectivity index (χ1v) is 7.09. The second-order valence-electron chi connectivity index (χ2n) is 3.92. The smallest absolute Gasteiger partial charge is 0.292 e. The fourth-order valence-electron chi connectivity index (χ4n) is 1.70. The van der Waals surface area contributed by atoms with Crippen LogP contribution in [-0.2, 0) is 0 Å². The second-order valence-corrected chi connectivity index (χ2v) is 5.72. The molecule has 0 radical (unpaired) electrons. The number of nitro groups is 1. The normalized spacial score (nSPS) is 12.2. The van der Waals surface area contributed by atoms with Gasteiger partial charge in [0.2, 0.25) is 0 Å². The van der Waals surface area contributed by atoms with Gasteiger partial charge in [0.1, 0.15) is 11.5 Å². The van der Waals surface area contributed by atoms with E-state index in [1.165, 1.54) is 11.3 Å². The number of hydrogen-bond acceptors (Lipinski definition) is 4. The molecule has 0 aliphatic carbocycles. The monoisotopic (exact) mass is 344 g/mol. The molecular formula is C12H10BrFN2O2S. The van der Waals surface area contributed by atoms with Crippen molar-refractivity contribution in [1.82, 2.24) is 0 Å². The zero-order valence-corrected chi connectivity index (χ0v) is 12.3. The number of hydrogen-bond donors (Lipinski definition) is 1. The fourth-order valence-corrected chi connectivity index (χ4v) is 3.42. The summed E-state index contributed by atoms with van der Waals surface area (Å²) in [5.41, 5.74) is 0.0405. The van der Waals surface area contributed by atoms with E-state index in [2.05, 4.69) is 21.2 Å². The van der Waals surface area contributed by atoms with Gasteiger partial charge in [0, 0.05) is 21.5 Å². The Balaban J connectivity index is 2.30. The maximum absolute atomic E-state index is 13.2. The molecule has 2 aromatic rings. The molecule has 1 aromatic carbocycles. The molecule has 7 heteroatoms. The highest BCUT2D eigenvalue weighted by atomic mass is 79.9. The summed E-state index contributed by atoms with van der Waals surface area (Å²) in [6, 6.07) is 5.12. The van der Waals surface area contributed by atoms with E-state index in [9.17, 15) is 14.5 Å². The minimum absolute atomic E-state index is 0.138. The zero-order valence-electron chi connectivity index (χ0n) is 9.89. The van der Waals surface area contributed by atoms with Crippen molar-refractivity contribution in [2.75, 3.05) is 5.32 Å². The van der Waals surface area contributed by atoms with Crippen LogP contribution in [0.25, 0.3) is 0 Å². The van der Waals surface area contributed by atoms with Crippen molar-refractivity contribution < 1.29 is 9.31 Å². The third kappa shape index (κ3) is 3.10. The summed E-state index contributed by atoms with van der Waals surface area (Å²) in [7, 11) is 0. The van der Waals surface area contributed by atoms with Gasteiger partial charge in [-0.05, 0) is 40.4 Å². The number of anilines is 1. The Bertz CT molecular complexity index is 618. The van der Waals surface area contributed by atoms with Crippen LogP contribution in [0.1, 0.15) is 17.8 Å². The third-order valence-corrected chi connectivity index (χ3v) is 4.62. The van der Waals surface area contributed by atoms with E-state index >= 15 is 0 Å². The molecule has 1 aromatic heterocycles. The van der Waals surface area contributed by atoms with Crippen LogP contribution in [0.5, 0.6) is 0 Å². The van der Waals surface area contributed by atoms with Gasteiger partial charge >= 0.3 is 0 Å². The SMILES string of the molecule is CC(Nc1cc(F)ccc1[N+](=O)[O-])c1sccc1Br. The minimum Gasteiger partial charge on any atom is -0.372 e. The fraction of sp³-hybridized carbons (Fsp3) is 0.167. The Labute approximate surface area is 121 Å². The summed E-state index contributed by atoms with van der Waals surface area (Å²) in [5.74, 6) is -0.509. The Morgan fingerprint density at radius 2 is 2.21 bits per heavy atom. The number of benzene rings is 1. The number of nitrogens with zero attached hydrogens (tertiary/aromatic N) is 1. The van der Waals surface area contributed by atoms with Crippen LogP contribution in [0.2, 0.25) is 0 Å². The van der Waals surface area contributed by atoms with Gasteiger partial charge in [-0.1, -0.05) is 0 Å². The molecule has 1 N–H and O–H groups in total. The van der Waals surface area contributed by atoms with Gasteiger partial charge < -0.3 is 5.32 Å². The largest absolute Gasteiger partial charge is 0.372 e. The maximum Gasteiger partial charge on any atom is 0.292 e. The van der Waals surface area contributed by atoms with E-state index in [1.807, 2.05) is 18.4 Å². The maximum atomic E-state index is 13.2. The van der Waals surface area contributed by atoms with Gasteiger partial charge in [-0.2, -0.15) is 0 Å². The Kier molecular flexibility index (Phi) is 4.16. The molecule has 2 rings (SSSR count). The lowest BCUT2D eigenvalue weighted by molar-refractivity contribution is -0.384. The molecule has 0 spiro atoms. The number of nitrogens with one attached hydrogen (secondary N) is 1. The van der Waals surface area contributed by atoms with Crippen LogP contribution in [-0.4, -0.2) is 4.92 Å². The van der Waals surface area contributed by atoms with Gasteiger partial charge in [0.25, 0.3) is 5.69 Å². The summed E-state index contributed by atoms with van der Waals surface area (Å²) >= 11 is 4.93. The van der Waals surface area contributed by atoms with Crippen molar-refractivity contribution in [3.63, 3.8) is 0 Å². The van der Waals surface area contributed by atoms with Crippen molar-refractivity contribution >= 4 is 38.6 Å². The lowest BCUT2D eigenvalue weighted by Crippen LogP contribution is -2.07. The molecule has 0 aliphatic heterocycles. The lowest BCUT2D eigenvalue weighted by atomic mass is 10.2. The van der Waals surface area contributed by atoms with Gasteiger partial charge in [0.05, 0.1) is 11.0 Å². The Morgan fingerprint density at radius 3 is 2.79 bits per heavy atom. The molecule has 0 saturated heterocycles. The van der Waals surface area contributed by atoms with E-state index in [4.69, 9.17) is 0 Å². The van der Waals surface area contributed by atoms with Crippen LogP contribution in [0.3, 0.4) is 0 Å². The molecule has 4 nitrogen and oxygen atoms in total. The highest BCUT2D eigenvalue weighted by Gasteiger charge is 2.18. The summed E-state index contributed by atoms with van der Waals surface area (Å²) in [5, 5.41) is 15.8. The van der Waals surface area contributed by atoms with Crippen molar-refractivity contribution in [1.29, 1.82) is 0 Å². The number of halogens is 2. The molecule has 1 atom stereocenters. The molecule has 0 amide bonds. The van der Waals surface area contributed by atoms with Crippen LogP contribution in [0.15, 0.2) is 34.1 Å². The molecule has 0 saturated carbocycles. The second kappa shape index (κ2) is 5.66. The van der Waals surface area contributed by atoms with Gasteiger partial charge in [-0.3, -0.25) is 10.1 Å². The van der Waals surface area contributed by atoms with E-state index in [1.54, 1.807) is 0 Å². The van der Waals surface area contributed by atoms with Crippen molar-refractivity contribution in [2.24, 2.45) is 0 Å². The van der Waals surface area contributed by atoms with Crippen LogP contribution in [0.4, 0.5) is 15.8 Å². The quantitative estimate of drug-likeness (QED) is 0.644. The van der Waals surface area contributed by atoms with Crippen LogP contribution < -0.4 is 5.32 Å². The average Bonchev–Trinajstić information content (AvgIpc) is 2.75. The first-order valence-electron chi connectivity index (χ1n) is 5.42. The standard InChI is InChI=1S/C12H10BrFN2O2S/c1-7(12-9(13)4-5-19-12)15-10-6-8(14)2-3-11(10)16(17)18/h2-7,15H,1H3. The molecule has 100 valence electrons. The summed E-state index contributed by atoms with van der Waals surface area (Å²) in [6.45, 7) is 1.87. The highest BCUT2D eigenvalue weighted by molar-refractivity contribution is 9.10. The topological polar surface area (TPSA) is 55.2 Å². The van der Waals surface area contributed by atoms with E-state index in [0.717, 1.165) is 27.5 Å². The number of nitro benzene ring substituents is 1.